The van der Waals surface area contributed by atoms with Gasteiger partial charge in [-0.3, -0.25) is 4.79 Å². The molecule has 0 aliphatic carbocycles. The summed E-state index contributed by atoms with van der Waals surface area (Å²) < 4.78 is 11.5. The molecule has 2 N–H and O–H groups in total. The first-order valence-corrected chi connectivity index (χ1v) is 8.42. The van der Waals surface area contributed by atoms with Gasteiger partial charge in [-0.2, -0.15) is 15.4 Å². The van der Waals surface area contributed by atoms with Gasteiger partial charge < -0.3 is 14.5 Å². The molecule has 0 saturated heterocycles. The van der Waals surface area contributed by atoms with Crippen LogP contribution in [-0.2, 0) is 0 Å². The highest BCUT2D eigenvalue weighted by Crippen LogP contribution is 2.31. The Morgan fingerprint density at radius 3 is 2.92 bits per heavy atom. The van der Waals surface area contributed by atoms with Gasteiger partial charge in [-0.05, 0) is 44.2 Å². The number of nitrogens with zero attached hydrogens (tertiary/aromatic N) is 2. The molecule has 2 aromatic heterocycles. The highest BCUT2D eigenvalue weighted by Gasteiger charge is 2.17. The quantitative estimate of drug-likeness (QED) is 0.574. The first-order valence-electron chi connectivity index (χ1n) is 8.42. The first kappa shape index (κ1) is 16.1. The van der Waals surface area contributed by atoms with Crippen LogP contribution in [0.4, 0.5) is 0 Å². The van der Waals surface area contributed by atoms with Gasteiger partial charge in [-0.15, -0.1) is 0 Å². The third-order valence-electron chi connectivity index (χ3n) is 4.18. The van der Waals surface area contributed by atoms with Gasteiger partial charge in [-0.25, -0.2) is 0 Å². The normalized spacial score (nSPS) is 12.4. The lowest BCUT2D eigenvalue weighted by Crippen LogP contribution is -2.26. The van der Waals surface area contributed by atoms with Crippen LogP contribution in [-0.4, -0.2) is 27.9 Å². The smallest absolute Gasteiger partial charge is 0.251 e. The van der Waals surface area contributed by atoms with Crippen LogP contribution in [0.2, 0.25) is 0 Å². The monoisotopic (exact) mass is 350 g/mol. The standard InChI is InChI=1S/C19H18N4O3/c1-3-25-16-6-4-5-12-10-17(26-18(12)16)11(2)20-19(24)13-7-8-14-15(9-13)22-23-21-14/h4-11H,3H2,1-2H3,(H,20,24)(H,21,22,23)/t11-/m1/s1. The number of fused-ring (bicyclic) bond motifs is 2. The molecule has 0 aliphatic heterocycles. The molecule has 7 nitrogen and oxygen atoms in total. The highest BCUT2D eigenvalue weighted by molar-refractivity contribution is 5.97. The predicted molar refractivity (Wildman–Crippen MR) is 97.2 cm³/mol. The lowest BCUT2D eigenvalue weighted by Gasteiger charge is -2.11. The minimum atomic E-state index is -0.294. The molecule has 0 bridgehead atoms. The zero-order chi connectivity index (χ0) is 18.1. The summed E-state index contributed by atoms with van der Waals surface area (Å²) in [6, 6.07) is 12.6. The molecule has 1 atom stereocenters. The molecule has 0 saturated carbocycles. The van der Waals surface area contributed by atoms with Gasteiger partial charge in [0.1, 0.15) is 16.8 Å². The van der Waals surface area contributed by atoms with E-state index in [1.165, 1.54) is 0 Å². The van der Waals surface area contributed by atoms with Crippen molar-refractivity contribution in [3.63, 3.8) is 0 Å². The molecule has 4 aromatic rings. The second-order valence-corrected chi connectivity index (χ2v) is 5.98. The van der Waals surface area contributed by atoms with Crippen molar-refractivity contribution >= 4 is 27.9 Å². The SMILES string of the molecule is CCOc1cccc2cc([C@@H](C)NC(=O)c3ccc4n[nH]nc4c3)oc12. The van der Waals surface area contributed by atoms with E-state index < -0.39 is 0 Å². The summed E-state index contributed by atoms with van der Waals surface area (Å²) in [5, 5.41) is 14.4. The van der Waals surface area contributed by atoms with E-state index in [0.29, 0.717) is 34.8 Å². The number of nitrogens with one attached hydrogen (secondary N) is 2. The van der Waals surface area contributed by atoms with E-state index in [1.54, 1.807) is 18.2 Å². The number of hydrogen-bond donors (Lipinski definition) is 2. The van der Waals surface area contributed by atoms with Gasteiger partial charge in [0.2, 0.25) is 0 Å². The van der Waals surface area contributed by atoms with Crippen LogP contribution in [0.3, 0.4) is 0 Å². The van der Waals surface area contributed by atoms with Crippen LogP contribution in [0.1, 0.15) is 36.0 Å². The predicted octanol–water partition coefficient (Wildman–Crippen LogP) is 3.59. The van der Waals surface area contributed by atoms with Crippen LogP contribution >= 0.6 is 0 Å². The number of aromatic nitrogens is 3. The van der Waals surface area contributed by atoms with Crippen molar-refractivity contribution in [1.82, 2.24) is 20.7 Å². The van der Waals surface area contributed by atoms with Crippen LogP contribution in [0.25, 0.3) is 22.0 Å². The molecular weight excluding hydrogens is 332 g/mol. The summed E-state index contributed by atoms with van der Waals surface area (Å²) in [6.45, 7) is 4.37. The largest absolute Gasteiger partial charge is 0.490 e. The average molecular weight is 350 g/mol. The van der Waals surface area contributed by atoms with E-state index in [2.05, 4.69) is 20.7 Å². The maximum absolute atomic E-state index is 12.5. The fraction of sp³-hybridized carbons (Fsp3) is 0.211. The number of carbonyl (C=O) groups is 1. The van der Waals surface area contributed by atoms with Gasteiger partial charge in [0.05, 0.1) is 12.6 Å². The molecular formula is C19H18N4O3. The Morgan fingerprint density at radius 2 is 2.08 bits per heavy atom. The number of ether oxygens (including phenoxy) is 1. The number of para-hydroxylation sites is 1. The lowest BCUT2D eigenvalue weighted by atomic mass is 10.1. The van der Waals surface area contributed by atoms with Crippen molar-refractivity contribution in [2.45, 2.75) is 19.9 Å². The van der Waals surface area contributed by atoms with Crippen LogP contribution in [0.5, 0.6) is 5.75 Å². The Balaban J connectivity index is 1.57. The molecule has 2 aromatic carbocycles. The third-order valence-corrected chi connectivity index (χ3v) is 4.18. The summed E-state index contributed by atoms with van der Waals surface area (Å²) in [5.41, 5.74) is 2.57. The number of carbonyl (C=O) groups excluding carboxylic acids is 1. The van der Waals surface area contributed by atoms with Crippen molar-refractivity contribution in [2.24, 2.45) is 0 Å². The Hall–Kier alpha value is -3.35. The van der Waals surface area contributed by atoms with E-state index in [-0.39, 0.29) is 11.9 Å². The van der Waals surface area contributed by atoms with Gasteiger partial charge in [0, 0.05) is 10.9 Å². The molecule has 0 fully saturated rings. The van der Waals surface area contributed by atoms with E-state index in [4.69, 9.17) is 9.15 Å². The summed E-state index contributed by atoms with van der Waals surface area (Å²) in [7, 11) is 0. The first-order chi connectivity index (χ1) is 12.7. The van der Waals surface area contributed by atoms with Crippen molar-refractivity contribution < 1.29 is 13.9 Å². The zero-order valence-electron chi connectivity index (χ0n) is 14.4. The van der Waals surface area contributed by atoms with Crippen molar-refractivity contribution in [1.29, 1.82) is 0 Å². The molecule has 0 spiro atoms. The van der Waals surface area contributed by atoms with Crippen molar-refractivity contribution in [2.75, 3.05) is 6.61 Å². The number of amides is 1. The van der Waals surface area contributed by atoms with Crippen molar-refractivity contribution in [3.05, 3.63) is 53.8 Å². The topological polar surface area (TPSA) is 93.0 Å². The zero-order valence-corrected chi connectivity index (χ0v) is 14.4. The summed E-state index contributed by atoms with van der Waals surface area (Å²) >= 11 is 0. The number of rotatable bonds is 5. The minimum Gasteiger partial charge on any atom is -0.490 e. The van der Waals surface area contributed by atoms with Crippen LogP contribution in [0.15, 0.2) is 46.9 Å². The Kier molecular flexibility index (Phi) is 4.04. The van der Waals surface area contributed by atoms with Crippen LogP contribution < -0.4 is 10.1 Å². The maximum Gasteiger partial charge on any atom is 0.251 e. The highest BCUT2D eigenvalue weighted by atomic mass is 16.5. The number of H-pyrrole nitrogens is 1. The minimum absolute atomic E-state index is 0.201. The van der Waals surface area contributed by atoms with Gasteiger partial charge in [-0.1, -0.05) is 12.1 Å². The van der Waals surface area contributed by atoms with Crippen molar-refractivity contribution in [3.8, 4) is 5.75 Å². The molecule has 0 unspecified atom stereocenters. The molecule has 1 amide bonds. The molecule has 0 aliphatic rings. The molecule has 132 valence electrons. The van der Waals surface area contributed by atoms with E-state index in [0.717, 1.165) is 10.9 Å². The second-order valence-electron chi connectivity index (χ2n) is 5.98. The fourth-order valence-corrected chi connectivity index (χ4v) is 2.87. The summed E-state index contributed by atoms with van der Waals surface area (Å²) in [6.07, 6.45) is 0. The Labute approximate surface area is 149 Å². The average Bonchev–Trinajstić information content (AvgIpc) is 3.28. The number of aromatic amines is 1. The molecule has 7 heteroatoms. The molecule has 26 heavy (non-hydrogen) atoms. The maximum atomic E-state index is 12.5. The Morgan fingerprint density at radius 1 is 1.23 bits per heavy atom. The van der Waals surface area contributed by atoms with Crippen LogP contribution in [0, 0.1) is 0 Å². The lowest BCUT2D eigenvalue weighted by molar-refractivity contribution is 0.0936. The number of benzene rings is 2. The number of furan rings is 1. The van der Waals surface area contributed by atoms with Gasteiger partial charge >= 0.3 is 0 Å². The summed E-state index contributed by atoms with van der Waals surface area (Å²) in [5.74, 6) is 1.17. The Bertz CT molecular complexity index is 1080. The van der Waals surface area contributed by atoms with E-state index in [1.807, 2.05) is 38.1 Å². The molecule has 0 radical (unpaired) electrons. The summed E-state index contributed by atoms with van der Waals surface area (Å²) in [4.78, 5) is 12.5. The van der Waals surface area contributed by atoms with Gasteiger partial charge in [0.25, 0.3) is 5.91 Å². The second kappa shape index (κ2) is 6.51. The van der Waals surface area contributed by atoms with E-state index >= 15 is 0 Å². The fourth-order valence-electron chi connectivity index (χ4n) is 2.87. The van der Waals surface area contributed by atoms with E-state index in [9.17, 15) is 4.79 Å². The molecule has 2 heterocycles. The third kappa shape index (κ3) is 2.88. The van der Waals surface area contributed by atoms with Gasteiger partial charge in [0.15, 0.2) is 11.3 Å². The number of hydrogen-bond acceptors (Lipinski definition) is 5. The molecule has 4 rings (SSSR count).